The highest BCUT2D eigenvalue weighted by atomic mass is 79.9. The molecule has 0 bridgehead atoms. The Hall–Kier alpha value is -0.290. The SMILES string of the molecule is COc1ccc([C@H](N)CCN)cc1Br.Cl. The summed E-state index contributed by atoms with van der Waals surface area (Å²) in [6, 6.07) is 5.83. The third kappa shape index (κ3) is 3.99. The largest absolute Gasteiger partial charge is 0.496 e. The molecule has 1 aromatic rings. The summed E-state index contributed by atoms with van der Waals surface area (Å²) in [4.78, 5) is 0. The molecule has 0 radical (unpaired) electrons. The normalized spacial score (nSPS) is 11.7. The molecule has 0 amide bonds. The molecule has 0 fully saturated rings. The molecule has 5 heteroatoms. The molecule has 1 aromatic carbocycles. The lowest BCUT2D eigenvalue weighted by molar-refractivity contribution is 0.412. The lowest BCUT2D eigenvalue weighted by Crippen LogP contribution is -2.15. The van der Waals surface area contributed by atoms with Gasteiger partial charge in [0.05, 0.1) is 11.6 Å². The van der Waals surface area contributed by atoms with Crippen LogP contribution in [-0.2, 0) is 0 Å². The molecule has 0 saturated heterocycles. The Morgan fingerprint density at radius 2 is 2.13 bits per heavy atom. The quantitative estimate of drug-likeness (QED) is 0.895. The summed E-state index contributed by atoms with van der Waals surface area (Å²) in [5, 5.41) is 0. The first-order valence-corrected chi connectivity index (χ1v) is 5.27. The third-order valence-electron chi connectivity index (χ3n) is 2.08. The van der Waals surface area contributed by atoms with E-state index in [0.29, 0.717) is 6.54 Å². The van der Waals surface area contributed by atoms with Gasteiger partial charge in [-0.05, 0) is 46.6 Å². The van der Waals surface area contributed by atoms with E-state index in [4.69, 9.17) is 16.2 Å². The minimum atomic E-state index is 0. The summed E-state index contributed by atoms with van der Waals surface area (Å²) in [6.07, 6.45) is 0.790. The highest BCUT2D eigenvalue weighted by molar-refractivity contribution is 9.10. The molecule has 1 rings (SSSR count). The molecule has 15 heavy (non-hydrogen) atoms. The van der Waals surface area contributed by atoms with Crippen molar-refractivity contribution in [1.29, 1.82) is 0 Å². The maximum atomic E-state index is 5.92. The minimum absolute atomic E-state index is 0. The second kappa shape index (κ2) is 7.06. The molecule has 0 aliphatic rings. The Balaban J connectivity index is 0.00000196. The van der Waals surface area contributed by atoms with Crippen LogP contribution in [0.5, 0.6) is 5.75 Å². The van der Waals surface area contributed by atoms with Gasteiger partial charge >= 0.3 is 0 Å². The first-order chi connectivity index (χ1) is 6.69. The van der Waals surface area contributed by atoms with Gasteiger partial charge in [0.1, 0.15) is 5.75 Å². The average molecular weight is 296 g/mol. The first-order valence-electron chi connectivity index (χ1n) is 4.48. The summed E-state index contributed by atoms with van der Waals surface area (Å²) in [7, 11) is 1.64. The Kier molecular flexibility index (Phi) is 6.92. The highest BCUT2D eigenvalue weighted by Gasteiger charge is 2.07. The predicted molar refractivity (Wildman–Crippen MR) is 68.5 cm³/mol. The first kappa shape index (κ1) is 14.7. The predicted octanol–water partition coefficient (Wildman–Crippen LogP) is 2.23. The summed E-state index contributed by atoms with van der Waals surface area (Å²) >= 11 is 3.41. The number of methoxy groups -OCH3 is 1. The number of hydrogen-bond donors (Lipinski definition) is 2. The fraction of sp³-hybridized carbons (Fsp3) is 0.400. The van der Waals surface area contributed by atoms with Crippen molar-refractivity contribution in [3.8, 4) is 5.75 Å². The fourth-order valence-corrected chi connectivity index (χ4v) is 1.82. The molecule has 0 saturated carbocycles. The molecule has 0 aromatic heterocycles. The standard InChI is InChI=1S/C10H15BrN2O.ClH/c1-14-10-3-2-7(6-8(10)11)9(13)4-5-12;/h2-3,6,9H,4-5,12-13H2,1H3;1H/t9-;/m1./s1. The zero-order valence-electron chi connectivity index (χ0n) is 8.57. The van der Waals surface area contributed by atoms with Crippen molar-refractivity contribution in [2.24, 2.45) is 11.5 Å². The maximum Gasteiger partial charge on any atom is 0.133 e. The Morgan fingerprint density at radius 3 is 2.60 bits per heavy atom. The zero-order valence-corrected chi connectivity index (χ0v) is 11.0. The fourth-order valence-electron chi connectivity index (χ4n) is 1.26. The van der Waals surface area contributed by atoms with Crippen LogP contribution in [0.2, 0.25) is 0 Å². The maximum absolute atomic E-state index is 5.92. The van der Waals surface area contributed by atoms with E-state index in [-0.39, 0.29) is 18.4 Å². The highest BCUT2D eigenvalue weighted by Crippen LogP contribution is 2.27. The summed E-state index contributed by atoms with van der Waals surface area (Å²) in [5.41, 5.74) is 12.4. The second-order valence-electron chi connectivity index (χ2n) is 3.08. The lowest BCUT2D eigenvalue weighted by atomic mass is 10.0. The average Bonchev–Trinajstić information content (AvgIpc) is 2.18. The van der Waals surface area contributed by atoms with Crippen LogP contribution in [0.25, 0.3) is 0 Å². The van der Waals surface area contributed by atoms with Crippen LogP contribution in [0, 0.1) is 0 Å². The van der Waals surface area contributed by atoms with Gasteiger partial charge in [0.15, 0.2) is 0 Å². The second-order valence-corrected chi connectivity index (χ2v) is 3.93. The molecule has 0 aliphatic carbocycles. The van der Waals surface area contributed by atoms with Crippen LogP contribution in [0.3, 0.4) is 0 Å². The van der Waals surface area contributed by atoms with E-state index in [0.717, 1.165) is 22.2 Å². The third-order valence-corrected chi connectivity index (χ3v) is 2.70. The molecule has 4 N–H and O–H groups in total. The van der Waals surface area contributed by atoms with Crippen LogP contribution >= 0.6 is 28.3 Å². The van der Waals surface area contributed by atoms with E-state index in [9.17, 15) is 0 Å². The van der Waals surface area contributed by atoms with Crippen LogP contribution < -0.4 is 16.2 Å². The smallest absolute Gasteiger partial charge is 0.133 e. The van der Waals surface area contributed by atoms with Gasteiger partial charge in [-0.15, -0.1) is 12.4 Å². The zero-order chi connectivity index (χ0) is 10.6. The molecule has 1 atom stereocenters. The molecule has 0 aliphatic heterocycles. The van der Waals surface area contributed by atoms with E-state index >= 15 is 0 Å². The number of ether oxygens (including phenoxy) is 1. The Bertz CT molecular complexity index is 309. The van der Waals surface area contributed by atoms with E-state index in [1.165, 1.54) is 0 Å². The summed E-state index contributed by atoms with van der Waals surface area (Å²) < 4.78 is 6.05. The number of rotatable bonds is 4. The minimum Gasteiger partial charge on any atom is -0.496 e. The van der Waals surface area contributed by atoms with Gasteiger partial charge in [0.2, 0.25) is 0 Å². The Morgan fingerprint density at radius 1 is 1.47 bits per heavy atom. The van der Waals surface area contributed by atoms with Gasteiger partial charge in [-0.1, -0.05) is 6.07 Å². The number of nitrogens with two attached hydrogens (primary N) is 2. The van der Waals surface area contributed by atoms with Crippen molar-refractivity contribution in [2.75, 3.05) is 13.7 Å². The number of benzene rings is 1. The van der Waals surface area contributed by atoms with Crippen molar-refractivity contribution in [3.63, 3.8) is 0 Å². The van der Waals surface area contributed by atoms with E-state index < -0.39 is 0 Å². The van der Waals surface area contributed by atoms with E-state index in [2.05, 4.69) is 15.9 Å². The van der Waals surface area contributed by atoms with E-state index in [1.807, 2.05) is 18.2 Å². The lowest BCUT2D eigenvalue weighted by Gasteiger charge is -2.12. The number of halogens is 2. The van der Waals surface area contributed by atoms with Gasteiger partial charge in [0.25, 0.3) is 0 Å². The van der Waals surface area contributed by atoms with Crippen LogP contribution in [0.1, 0.15) is 18.0 Å². The van der Waals surface area contributed by atoms with Gasteiger partial charge in [-0.25, -0.2) is 0 Å². The topological polar surface area (TPSA) is 61.3 Å². The van der Waals surface area contributed by atoms with Gasteiger partial charge < -0.3 is 16.2 Å². The van der Waals surface area contributed by atoms with E-state index in [1.54, 1.807) is 7.11 Å². The molecule has 0 unspecified atom stereocenters. The van der Waals surface area contributed by atoms with Crippen LogP contribution in [-0.4, -0.2) is 13.7 Å². The Labute approximate surface area is 105 Å². The summed E-state index contributed by atoms with van der Waals surface area (Å²) in [5.74, 6) is 0.814. The molecule has 0 heterocycles. The molecule has 3 nitrogen and oxygen atoms in total. The van der Waals surface area contributed by atoms with Crippen LogP contribution in [0.4, 0.5) is 0 Å². The van der Waals surface area contributed by atoms with Crippen molar-refractivity contribution in [3.05, 3.63) is 28.2 Å². The van der Waals surface area contributed by atoms with Crippen molar-refractivity contribution in [1.82, 2.24) is 0 Å². The van der Waals surface area contributed by atoms with Crippen molar-refractivity contribution in [2.45, 2.75) is 12.5 Å². The van der Waals surface area contributed by atoms with Crippen LogP contribution in [0.15, 0.2) is 22.7 Å². The van der Waals surface area contributed by atoms with Crippen molar-refractivity contribution >= 4 is 28.3 Å². The van der Waals surface area contributed by atoms with Gasteiger partial charge in [0, 0.05) is 6.04 Å². The van der Waals surface area contributed by atoms with Gasteiger partial charge in [-0.2, -0.15) is 0 Å². The van der Waals surface area contributed by atoms with Gasteiger partial charge in [-0.3, -0.25) is 0 Å². The number of hydrogen-bond acceptors (Lipinski definition) is 3. The summed E-state index contributed by atoms with van der Waals surface area (Å²) in [6.45, 7) is 0.602. The monoisotopic (exact) mass is 294 g/mol. The van der Waals surface area contributed by atoms with Crippen molar-refractivity contribution < 1.29 is 4.74 Å². The molecule has 0 spiro atoms. The molecule has 86 valence electrons. The molecular formula is C10H16BrClN2O. The molecular weight excluding hydrogens is 279 g/mol.